The number of benzene rings is 11. The Hall–Kier alpha value is -9.17. The normalized spacial score (nSPS) is 12.3. The molecule has 0 saturated carbocycles. The van der Waals surface area contributed by atoms with Gasteiger partial charge in [-0.15, -0.1) is 11.3 Å². The maximum atomic E-state index is 7.23. The number of nitrogens with zero attached hydrogens (tertiary/aromatic N) is 4. The second-order valence-corrected chi connectivity index (χ2v) is 19.2. The van der Waals surface area contributed by atoms with Crippen molar-refractivity contribution in [2.45, 2.75) is 0 Å². The van der Waals surface area contributed by atoms with Gasteiger partial charge in [0.1, 0.15) is 22.3 Å². The molecule has 11 aromatic carbocycles. The van der Waals surface area contributed by atoms with Crippen LogP contribution in [-0.2, 0) is 0 Å². The summed E-state index contributed by atoms with van der Waals surface area (Å²) in [4.78, 5) is 16.5. The van der Waals surface area contributed by atoms with Crippen LogP contribution in [0.2, 0.25) is 0 Å². The van der Waals surface area contributed by atoms with Crippen LogP contribution >= 0.6 is 11.3 Å². The fourth-order valence-electron chi connectivity index (χ4n) is 11.4. The third-order valence-electron chi connectivity index (χ3n) is 14.4. The molecule has 0 saturated heterocycles. The van der Waals surface area contributed by atoms with E-state index >= 15 is 0 Å². The van der Waals surface area contributed by atoms with Crippen LogP contribution in [0.1, 0.15) is 0 Å². The summed E-state index contributed by atoms with van der Waals surface area (Å²) in [5.74, 6) is 1.60. The standard InChI is InChI=1S/C63H34N4O2S/c1-2-17-37-34-50-48(33-36(37)16-1)54-38-18-4-3-15-35(38)31-32-49(54)67(50)57-42-22-6-5-21-41(42)56(59-55(57)45-23-8-11-29-52(45)69-59)63-65-61(46-26-13-24-43-39-19-7-10-28-51(39)68-58(43)46)64-62(66-63)47-27-14-25-44-40-20-9-12-30-53(40)70-60(44)47/h1-34H. The summed E-state index contributed by atoms with van der Waals surface area (Å²) in [6.45, 7) is 0. The lowest BCUT2D eigenvalue weighted by molar-refractivity contribution is 0.669. The number of fused-ring (bicyclic) bond motifs is 16. The zero-order valence-corrected chi connectivity index (χ0v) is 38.0. The number of para-hydroxylation sites is 3. The molecule has 0 aliphatic rings. The number of furan rings is 2. The van der Waals surface area contributed by atoms with E-state index in [2.05, 4.69) is 187 Å². The first-order valence-electron chi connectivity index (χ1n) is 23.5. The van der Waals surface area contributed by atoms with Gasteiger partial charge < -0.3 is 13.4 Å². The predicted octanol–water partition coefficient (Wildman–Crippen LogP) is 17.6. The fourth-order valence-corrected chi connectivity index (χ4v) is 12.6. The summed E-state index contributed by atoms with van der Waals surface area (Å²) in [6, 6.07) is 73.1. The zero-order valence-electron chi connectivity index (χ0n) is 37.1. The third kappa shape index (κ3) is 5.24. The smallest absolute Gasteiger partial charge is 0.168 e. The minimum absolute atomic E-state index is 0.511. The number of hydrogen-bond donors (Lipinski definition) is 0. The van der Waals surface area contributed by atoms with Gasteiger partial charge in [0.05, 0.1) is 33.2 Å². The Morgan fingerprint density at radius 3 is 1.77 bits per heavy atom. The molecule has 5 heterocycles. The van der Waals surface area contributed by atoms with Gasteiger partial charge in [-0.2, -0.15) is 0 Å². The number of aromatic nitrogens is 4. The molecule has 0 N–H and O–H groups in total. The van der Waals surface area contributed by atoms with Crippen LogP contribution in [0, 0.1) is 0 Å². The molecule has 0 fully saturated rings. The van der Waals surface area contributed by atoms with Gasteiger partial charge in [-0.25, -0.2) is 15.0 Å². The van der Waals surface area contributed by atoms with Crippen molar-refractivity contribution in [1.82, 2.24) is 19.5 Å². The molecular formula is C63H34N4O2S. The lowest BCUT2D eigenvalue weighted by Crippen LogP contribution is -2.03. The maximum Gasteiger partial charge on any atom is 0.168 e. The van der Waals surface area contributed by atoms with E-state index in [4.69, 9.17) is 23.8 Å². The molecule has 70 heavy (non-hydrogen) atoms. The molecule has 0 bridgehead atoms. The summed E-state index contributed by atoms with van der Waals surface area (Å²) >= 11 is 1.76. The number of rotatable bonds is 4. The second-order valence-electron chi connectivity index (χ2n) is 18.2. The van der Waals surface area contributed by atoms with Crippen molar-refractivity contribution in [1.29, 1.82) is 0 Å². The SMILES string of the molecule is c1ccc2cc3c(cc2c1)c1c2ccccc2ccc1n3-c1c2ccccc2c(-c2nc(-c3cccc4c3oc3ccccc34)nc(-c3cccc4c3sc3ccccc34)n2)c2oc3ccccc3c12. The highest BCUT2D eigenvalue weighted by Gasteiger charge is 2.28. The molecule has 16 rings (SSSR count). The van der Waals surface area contributed by atoms with Crippen molar-refractivity contribution in [2.24, 2.45) is 0 Å². The Kier molecular flexibility index (Phi) is 7.67. The van der Waals surface area contributed by atoms with Gasteiger partial charge in [-0.1, -0.05) is 158 Å². The van der Waals surface area contributed by atoms with E-state index in [1.165, 1.54) is 47.8 Å². The van der Waals surface area contributed by atoms with E-state index < -0.39 is 0 Å². The summed E-state index contributed by atoms with van der Waals surface area (Å²) in [5.41, 5.74) is 8.83. The van der Waals surface area contributed by atoms with Gasteiger partial charge in [0, 0.05) is 58.1 Å². The van der Waals surface area contributed by atoms with Gasteiger partial charge in [-0.3, -0.25) is 0 Å². The average Bonchev–Trinajstić information content (AvgIpc) is 4.19. The lowest BCUT2D eigenvalue weighted by atomic mass is 9.96. The number of thiophene rings is 1. The lowest BCUT2D eigenvalue weighted by Gasteiger charge is -2.17. The van der Waals surface area contributed by atoms with E-state index in [-0.39, 0.29) is 0 Å². The summed E-state index contributed by atoms with van der Waals surface area (Å²) in [5, 5.41) is 15.6. The second kappa shape index (κ2) is 14.2. The van der Waals surface area contributed by atoms with Crippen molar-refractivity contribution < 1.29 is 8.83 Å². The highest BCUT2D eigenvalue weighted by Crippen LogP contribution is 2.49. The molecule has 0 amide bonds. The van der Waals surface area contributed by atoms with Crippen LogP contribution < -0.4 is 0 Å². The summed E-state index contributed by atoms with van der Waals surface area (Å²) in [7, 11) is 0. The van der Waals surface area contributed by atoms with Crippen LogP contribution in [0.5, 0.6) is 0 Å². The Balaban J connectivity index is 1.06. The topological polar surface area (TPSA) is 69.9 Å². The van der Waals surface area contributed by atoms with Crippen molar-refractivity contribution in [3.8, 4) is 39.9 Å². The van der Waals surface area contributed by atoms with Crippen LogP contribution in [-0.4, -0.2) is 19.5 Å². The average molecular weight is 911 g/mol. The molecule has 0 atom stereocenters. The molecule has 0 aliphatic heterocycles. The van der Waals surface area contributed by atoms with E-state index in [1.807, 2.05) is 24.3 Å². The molecule has 324 valence electrons. The minimum Gasteiger partial charge on any atom is -0.455 e. The summed E-state index contributed by atoms with van der Waals surface area (Å²) < 4.78 is 18.7. The molecule has 7 heteroatoms. The maximum absolute atomic E-state index is 7.23. The van der Waals surface area contributed by atoms with Crippen molar-refractivity contribution in [2.75, 3.05) is 0 Å². The van der Waals surface area contributed by atoms with E-state index in [0.29, 0.717) is 23.1 Å². The molecule has 6 nitrogen and oxygen atoms in total. The van der Waals surface area contributed by atoms with Gasteiger partial charge in [0.2, 0.25) is 0 Å². The first-order valence-corrected chi connectivity index (χ1v) is 24.3. The van der Waals surface area contributed by atoms with Crippen molar-refractivity contribution in [3.05, 3.63) is 206 Å². The monoisotopic (exact) mass is 910 g/mol. The Morgan fingerprint density at radius 1 is 0.357 bits per heavy atom. The Labute approximate surface area is 401 Å². The van der Waals surface area contributed by atoms with Crippen LogP contribution in [0.15, 0.2) is 215 Å². The molecule has 0 radical (unpaired) electrons. The van der Waals surface area contributed by atoms with Gasteiger partial charge in [-0.05, 0) is 75.5 Å². The Morgan fingerprint density at radius 2 is 0.943 bits per heavy atom. The van der Waals surface area contributed by atoms with E-state index in [0.717, 1.165) is 87.2 Å². The van der Waals surface area contributed by atoms with E-state index in [1.54, 1.807) is 11.3 Å². The third-order valence-corrected chi connectivity index (χ3v) is 15.6. The quantitative estimate of drug-likeness (QED) is 0.176. The highest BCUT2D eigenvalue weighted by atomic mass is 32.1. The van der Waals surface area contributed by atoms with Crippen LogP contribution in [0.25, 0.3) is 158 Å². The minimum atomic E-state index is 0.511. The number of hydrogen-bond acceptors (Lipinski definition) is 6. The van der Waals surface area contributed by atoms with Crippen molar-refractivity contribution in [3.63, 3.8) is 0 Å². The predicted molar refractivity (Wildman–Crippen MR) is 290 cm³/mol. The molecule has 0 spiro atoms. The van der Waals surface area contributed by atoms with Crippen LogP contribution in [0.4, 0.5) is 0 Å². The van der Waals surface area contributed by atoms with Gasteiger partial charge in [0.15, 0.2) is 17.5 Å². The molecule has 0 aliphatic carbocycles. The molecular weight excluding hydrogens is 877 g/mol. The van der Waals surface area contributed by atoms with Crippen LogP contribution in [0.3, 0.4) is 0 Å². The largest absolute Gasteiger partial charge is 0.455 e. The zero-order chi connectivity index (χ0) is 45.6. The first kappa shape index (κ1) is 37.9. The molecule has 16 aromatic rings. The Bertz CT molecular complexity index is 4790. The first-order chi connectivity index (χ1) is 34.7. The van der Waals surface area contributed by atoms with Gasteiger partial charge in [0.25, 0.3) is 0 Å². The van der Waals surface area contributed by atoms with Crippen molar-refractivity contribution >= 4 is 130 Å². The summed E-state index contributed by atoms with van der Waals surface area (Å²) in [6.07, 6.45) is 0. The fraction of sp³-hybridized carbons (Fsp3) is 0. The molecule has 0 unspecified atom stereocenters. The highest BCUT2D eigenvalue weighted by molar-refractivity contribution is 7.26. The van der Waals surface area contributed by atoms with Gasteiger partial charge >= 0.3 is 0 Å². The van der Waals surface area contributed by atoms with E-state index in [9.17, 15) is 0 Å². The molecule has 5 aromatic heterocycles.